The van der Waals surface area contributed by atoms with Crippen molar-refractivity contribution in [2.24, 2.45) is 0 Å². The summed E-state index contributed by atoms with van der Waals surface area (Å²) in [7, 11) is 0. The highest BCUT2D eigenvalue weighted by Crippen LogP contribution is 2.40. The van der Waals surface area contributed by atoms with Crippen molar-refractivity contribution in [3.05, 3.63) is 11.4 Å². The maximum Gasteiger partial charge on any atom is 0.186 e. The van der Waals surface area contributed by atoms with Crippen molar-refractivity contribution in [2.75, 3.05) is 6.61 Å². The Labute approximate surface area is 82.0 Å². The zero-order valence-corrected chi connectivity index (χ0v) is 7.85. The number of aliphatic hydroxyl groups is 1. The lowest BCUT2D eigenvalue weighted by molar-refractivity contribution is 0.275. The van der Waals surface area contributed by atoms with Crippen LogP contribution in [0.25, 0.3) is 0 Å². The van der Waals surface area contributed by atoms with Crippen LogP contribution in [0.1, 0.15) is 36.6 Å². The molecule has 1 aromatic heterocycles. The van der Waals surface area contributed by atoms with Crippen LogP contribution in [-0.2, 0) is 6.54 Å². The van der Waals surface area contributed by atoms with Gasteiger partial charge in [0.15, 0.2) is 5.69 Å². The Bertz CT molecular complexity index is 361. The molecular weight excluding hydrogens is 180 g/mol. The topological polar surface area (TPSA) is 74.7 Å². The van der Waals surface area contributed by atoms with Gasteiger partial charge in [0.05, 0.1) is 5.69 Å². The van der Waals surface area contributed by atoms with Gasteiger partial charge in [-0.2, -0.15) is 5.26 Å². The van der Waals surface area contributed by atoms with Gasteiger partial charge in [0.25, 0.3) is 0 Å². The van der Waals surface area contributed by atoms with E-state index in [-0.39, 0.29) is 6.61 Å². The summed E-state index contributed by atoms with van der Waals surface area (Å²) in [6.45, 7) is 0.795. The van der Waals surface area contributed by atoms with E-state index < -0.39 is 0 Å². The predicted octanol–water partition coefficient (Wildman–Crippen LogP) is 0.410. The average molecular weight is 192 g/mol. The number of nitrogens with zero attached hydrogens (tertiary/aromatic N) is 4. The van der Waals surface area contributed by atoms with E-state index in [1.807, 2.05) is 0 Å². The third kappa shape index (κ3) is 1.61. The fraction of sp³-hybridized carbons (Fsp3) is 0.667. The highest BCUT2D eigenvalue weighted by atomic mass is 16.3. The van der Waals surface area contributed by atoms with Crippen molar-refractivity contribution < 1.29 is 5.11 Å². The molecule has 1 fully saturated rings. The normalized spacial score (nSPS) is 15.4. The summed E-state index contributed by atoms with van der Waals surface area (Å²) in [5.74, 6) is 0.471. The van der Waals surface area contributed by atoms with E-state index in [0.29, 0.717) is 24.6 Å². The minimum Gasteiger partial charge on any atom is -0.396 e. The van der Waals surface area contributed by atoms with Crippen molar-refractivity contribution in [1.82, 2.24) is 15.0 Å². The summed E-state index contributed by atoms with van der Waals surface area (Å²) >= 11 is 0. The Morgan fingerprint density at radius 2 is 2.36 bits per heavy atom. The van der Waals surface area contributed by atoms with Gasteiger partial charge in [-0.15, -0.1) is 5.10 Å². The predicted molar refractivity (Wildman–Crippen MR) is 48.4 cm³/mol. The third-order valence-electron chi connectivity index (χ3n) is 2.37. The molecule has 1 aliphatic rings. The first kappa shape index (κ1) is 9.16. The van der Waals surface area contributed by atoms with Crippen LogP contribution in [0.5, 0.6) is 0 Å². The van der Waals surface area contributed by atoms with Crippen LogP contribution in [-0.4, -0.2) is 26.7 Å². The highest BCUT2D eigenvalue weighted by Gasteiger charge is 2.31. The Balaban J connectivity index is 2.22. The van der Waals surface area contributed by atoms with Crippen LogP contribution in [0, 0.1) is 11.3 Å². The Kier molecular flexibility index (Phi) is 2.46. The van der Waals surface area contributed by atoms with Crippen molar-refractivity contribution in [3.8, 4) is 6.07 Å². The van der Waals surface area contributed by atoms with Crippen LogP contribution in [0.4, 0.5) is 0 Å². The molecule has 5 nitrogen and oxygen atoms in total. The number of rotatable bonds is 4. The molecule has 1 heterocycles. The average Bonchev–Trinajstić information content (AvgIpc) is 2.96. The number of hydrogen-bond acceptors (Lipinski definition) is 4. The molecule has 0 aliphatic heterocycles. The lowest BCUT2D eigenvalue weighted by Crippen LogP contribution is -2.06. The van der Waals surface area contributed by atoms with Gasteiger partial charge in [0, 0.05) is 19.1 Å². The van der Waals surface area contributed by atoms with E-state index in [4.69, 9.17) is 10.4 Å². The summed E-state index contributed by atoms with van der Waals surface area (Å²) in [6, 6.07) is 2.06. The lowest BCUT2D eigenvalue weighted by Gasteiger charge is -2.03. The number of aryl methyl sites for hydroxylation is 1. The van der Waals surface area contributed by atoms with E-state index in [2.05, 4.69) is 16.4 Å². The molecule has 1 saturated carbocycles. The van der Waals surface area contributed by atoms with Crippen molar-refractivity contribution >= 4 is 0 Å². The van der Waals surface area contributed by atoms with E-state index in [1.54, 1.807) is 4.68 Å². The van der Waals surface area contributed by atoms with Crippen molar-refractivity contribution in [3.63, 3.8) is 0 Å². The second-order valence-electron chi connectivity index (χ2n) is 3.51. The summed E-state index contributed by atoms with van der Waals surface area (Å²) in [5, 5.41) is 25.3. The van der Waals surface area contributed by atoms with Gasteiger partial charge in [0.2, 0.25) is 0 Å². The molecule has 0 radical (unpaired) electrons. The van der Waals surface area contributed by atoms with Crippen LogP contribution in [0.3, 0.4) is 0 Å². The number of aromatic nitrogens is 3. The van der Waals surface area contributed by atoms with Gasteiger partial charge >= 0.3 is 0 Å². The maximum atomic E-state index is 8.82. The van der Waals surface area contributed by atoms with E-state index in [0.717, 1.165) is 18.5 Å². The number of aliphatic hydroxyl groups excluding tert-OH is 1. The number of hydrogen-bond donors (Lipinski definition) is 1. The number of nitriles is 1. The minimum atomic E-state index is 0.145. The summed E-state index contributed by atoms with van der Waals surface area (Å²) in [4.78, 5) is 0. The zero-order valence-electron chi connectivity index (χ0n) is 7.85. The molecule has 5 heteroatoms. The van der Waals surface area contributed by atoms with E-state index in [9.17, 15) is 0 Å². The third-order valence-corrected chi connectivity index (χ3v) is 2.37. The van der Waals surface area contributed by atoms with Crippen LogP contribution in [0.2, 0.25) is 0 Å². The fourth-order valence-electron chi connectivity index (χ4n) is 1.55. The first-order valence-corrected chi connectivity index (χ1v) is 4.81. The lowest BCUT2D eigenvalue weighted by atomic mass is 10.2. The minimum absolute atomic E-state index is 0.145. The van der Waals surface area contributed by atoms with Gasteiger partial charge in [-0.05, 0) is 19.3 Å². The Hall–Kier alpha value is -1.41. The molecule has 0 amide bonds. The van der Waals surface area contributed by atoms with Crippen LogP contribution in [0.15, 0.2) is 0 Å². The second kappa shape index (κ2) is 3.76. The molecule has 0 saturated heterocycles. The second-order valence-corrected chi connectivity index (χ2v) is 3.51. The largest absolute Gasteiger partial charge is 0.396 e. The standard InChI is InChI=1S/C9H12N4O/c10-6-8-9(7-2-3-7)13(12-11-8)4-1-5-14/h7,14H,1-5H2. The van der Waals surface area contributed by atoms with E-state index >= 15 is 0 Å². The van der Waals surface area contributed by atoms with Crippen molar-refractivity contribution in [2.45, 2.75) is 31.7 Å². The fourth-order valence-corrected chi connectivity index (χ4v) is 1.55. The molecule has 14 heavy (non-hydrogen) atoms. The van der Waals surface area contributed by atoms with Crippen LogP contribution < -0.4 is 0 Å². The quantitative estimate of drug-likeness (QED) is 0.749. The van der Waals surface area contributed by atoms with Gasteiger partial charge in [-0.1, -0.05) is 5.21 Å². The molecule has 1 aliphatic carbocycles. The smallest absolute Gasteiger partial charge is 0.186 e. The monoisotopic (exact) mass is 192 g/mol. The molecule has 1 aromatic rings. The first-order chi connectivity index (χ1) is 6.86. The molecular formula is C9H12N4O. The molecule has 2 rings (SSSR count). The molecule has 1 N–H and O–H groups in total. The van der Waals surface area contributed by atoms with Crippen LogP contribution >= 0.6 is 0 Å². The molecule has 0 aromatic carbocycles. The molecule has 0 atom stereocenters. The molecule has 74 valence electrons. The Morgan fingerprint density at radius 3 is 2.93 bits per heavy atom. The first-order valence-electron chi connectivity index (χ1n) is 4.81. The van der Waals surface area contributed by atoms with Gasteiger partial charge in [-0.3, -0.25) is 0 Å². The van der Waals surface area contributed by atoms with Crippen molar-refractivity contribution in [1.29, 1.82) is 5.26 Å². The van der Waals surface area contributed by atoms with Gasteiger partial charge < -0.3 is 5.11 Å². The summed E-state index contributed by atoms with van der Waals surface area (Å²) < 4.78 is 1.76. The molecule has 0 unspecified atom stereocenters. The molecule has 0 bridgehead atoms. The maximum absolute atomic E-state index is 8.82. The highest BCUT2D eigenvalue weighted by molar-refractivity contribution is 5.30. The Morgan fingerprint density at radius 1 is 1.57 bits per heavy atom. The zero-order chi connectivity index (χ0) is 9.97. The van der Waals surface area contributed by atoms with Gasteiger partial charge in [0.1, 0.15) is 6.07 Å². The summed E-state index contributed by atoms with van der Waals surface area (Å²) in [5.41, 5.74) is 1.41. The van der Waals surface area contributed by atoms with E-state index in [1.165, 1.54) is 0 Å². The SMILES string of the molecule is N#Cc1nnn(CCCO)c1C1CC1. The van der Waals surface area contributed by atoms with Gasteiger partial charge in [-0.25, -0.2) is 4.68 Å². The summed E-state index contributed by atoms with van der Waals surface area (Å²) in [6.07, 6.45) is 2.91. The molecule has 0 spiro atoms.